The molecule has 1 aromatic carbocycles. The second-order valence-electron chi connectivity index (χ2n) is 3.85. The van der Waals surface area contributed by atoms with Crippen molar-refractivity contribution in [2.45, 2.75) is 24.4 Å². The molecule has 0 amide bonds. The maximum Gasteiger partial charge on any atom is 0.398 e. The van der Waals surface area contributed by atoms with Crippen molar-refractivity contribution in [1.29, 1.82) is 0 Å². The lowest BCUT2D eigenvalue weighted by Gasteiger charge is -2.20. The molecule has 82 valence electrons. The van der Waals surface area contributed by atoms with Crippen molar-refractivity contribution in [3.63, 3.8) is 0 Å². The highest BCUT2D eigenvalue weighted by Gasteiger charge is 2.64. The van der Waals surface area contributed by atoms with Crippen LogP contribution in [-0.4, -0.2) is 11.3 Å². The Bertz CT molecular complexity index is 396. The number of benzene rings is 1. The Morgan fingerprint density at radius 1 is 1.27 bits per heavy atom. The Morgan fingerprint density at radius 2 is 1.87 bits per heavy atom. The summed E-state index contributed by atoms with van der Waals surface area (Å²) in [6.07, 6.45) is -4.04. The van der Waals surface area contributed by atoms with Crippen LogP contribution in [0.4, 0.5) is 18.9 Å². The van der Waals surface area contributed by atoms with Gasteiger partial charge in [-0.25, -0.2) is 0 Å². The molecular formula is C10H10F3NO. The fourth-order valence-corrected chi connectivity index (χ4v) is 1.71. The zero-order valence-corrected chi connectivity index (χ0v) is 7.80. The molecule has 5 heteroatoms. The molecule has 1 fully saturated rings. The van der Waals surface area contributed by atoms with Crippen LogP contribution in [0.15, 0.2) is 18.2 Å². The topological polar surface area (TPSA) is 46.2 Å². The van der Waals surface area contributed by atoms with E-state index in [2.05, 4.69) is 0 Å². The van der Waals surface area contributed by atoms with Crippen LogP contribution in [-0.2, 0) is 5.41 Å². The normalized spacial score (nSPS) is 18.9. The first-order valence-corrected chi connectivity index (χ1v) is 4.52. The number of alkyl halides is 3. The first kappa shape index (κ1) is 10.1. The van der Waals surface area contributed by atoms with Crippen LogP contribution in [0.1, 0.15) is 18.4 Å². The Balaban J connectivity index is 2.43. The Labute approximate surface area is 84.5 Å². The molecule has 1 aliphatic rings. The molecule has 0 aliphatic heterocycles. The van der Waals surface area contributed by atoms with Gasteiger partial charge in [-0.3, -0.25) is 0 Å². The summed E-state index contributed by atoms with van der Waals surface area (Å²) in [5.74, 6) is -0.184. The molecule has 0 aromatic heterocycles. The summed E-state index contributed by atoms with van der Waals surface area (Å²) in [7, 11) is 0. The van der Waals surface area contributed by atoms with Crippen LogP contribution in [0.5, 0.6) is 5.75 Å². The molecule has 1 aromatic rings. The standard InChI is InChI=1S/C10H10F3NO/c11-10(12,13)9(3-4-9)6-1-2-8(15)7(14)5-6/h1-2,5,15H,3-4,14H2. The van der Waals surface area contributed by atoms with Gasteiger partial charge >= 0.3 is 6.18 Å². The number of halogens is 3. The minimum Gasteiger partial charge on any atom is -0.506 e. The molecule has 0 unspecified atom stereocenters. The number of anilines is 1. The van der Waals surface area contributed by atoms with E-state index < -0.39 is 11.6 Å². The third-order valence-electron chi connectivity index (χ3n) is 2.87. The van der Waals surface area contributed by atoms with Gasteiger partial charge in [0.15, 0.2) is 0 Å². The Hall–Kier alpha value is -1.39. The van der Waals surface area contributed by atoms with E-state index in [1.807, 2.05) is 0 Å². The lowest BCUT2D eigenvalue weighted by atomic mass is 9.95. The zero-order valence-electron chi connectivity index (χ0n) is 7.80. The van der Waals surface area contributed by atoms with Gasteiger partial charge in [0.05, 0.1) is 11.1 Å². The van der Waals surface area contributed by atoms with Gasteiger partial charge in [0, 0.05) is 0 Å². The fraction of sp³-hybridized carbons (Fsp3) is 0.400. The van der Waals surface area contributed by atoms with Gasteiger partial charge in [0.25, 0.3) is 0 Å². The molecule has 1 aliphatic carbocycles. The van der Waals surface area contributed by atoms with Gasteiger partial charge < -0.3 is 10.8 Å². The van der Waals surface area contributed by atoms with Gasteiger partial charge in [0.2, 0.25) is 0 Å². The van der Waals surface area contributed by atoms with Crippen LogP contribution in [0.2, 0.25) is 0 Å². The van der Waals surface area contributed by atoms with Gasteiger partial charge in [-0.05, 0) is 30.5 Å². The summed E-state index contributed by atoms with van der Waals surface area (Å²) < 4.78 is 38.1. The number of aromatic hydroxyl groups is 1. The number of hydrogen-bond donors (Lipinski definition) is 2. The summed E-state index contributed by atoms with van der Waals surface area (Å²) in [5, 5.41) is 9.13. The van der Waals surface area contributed by atoms with Crippen LogP contribution in [0.25, 0.3) is 0 Å². The van der Waals surface area contributed by atoms with Crippen LogP contribution in [0.3, 0.4) is 0 Å². The van der Waals surface area contributed by atoms with Crippen molar-refractivity contribution < 1.29 is 18.3 Å². The first-order chi connectivity index (χ1) is 6.87. The Morgan fingerprint density at radius 3 is 2.27 bits per heavy atom. The van der Waals surface area contributed by atoms with E-state index in [1.165, 1.54) is 18.2 Å². The molecule has 0 saturated heterocycles. The van der Waals surface area contributed by atoms with Crippen molar-refractivity contribution in [3.8, 4) is 5.75 Å². The average molecular weight is 217 g/mol. The van der Waals surface area contributed by atoms with E-state index in [-0.39, 0.29) is 29.8 Å². The summed E-state index contributed by atoms with van der Waals surface area (Å²) in [4.78, 5) is 0. The minimum atomic E-state index is -4.24. The van der Waals surface area contributed by atoms with E-state index in [4.69, 9.17) is 10.8 Å². The van der Waals surface area contributed by atoms with E-state index in [1.54, 1.807) is 0 Å². The number of nitrogen functional groups attached to an aromatic ring is 1. The monoisotopic (exact) mass is 217 g/mol. The second-order valence-corrected chi connectivity index (χ2v) is 3.85. The van der Waals surface area contributed by atoms with Gasteiger partial charge in [-0.15, -0.1) is 0 Å². The lowest BCUT2D eigenvalue weighted by molar-refractivity contribution is -0.160. The average Bonchev–Trinajstić information content (AvgIpc) is 2.88. The smallest absolute Gasteiger partial charge is 0.398 e. The highest BCUT2D eigenvalue weighted by atomic mass is 19.4. The number of phenolic OH excluding ortho intramolecular Hbond substituents is 1. The molecule has 0 atom stereocenters. The molecule has 0 bridgehead atoms. The lowest BCUT2D eigenvalue weighted by Crippen LogP contribution is -2.28. The van der Waals surface area contributed by atoms with E-state index >= 15 is 0 Å². The van der Waals surface area contributed by atoms with Crippen LogP contribution < -0.4 is 5.73 Å². The minimum absolute atomic E-state index is 0.0111. The second kappa shape index (κ2) is 2.81. The number of hydrogen-bond acceptors (Lipinski definition) is 2. The molecular weight excluding hydrogens is 207 g/mol. The van der Waals surface area contributed by atoms with Crippen LogP contribution in [0, 0.1) is 0 Å². The maximum atomic E-state index is 12.7. The van der Waals surface area contributed by atoms with Crippen LogP contribution >= 0.6 is 0 Å². The van der Waals surface area contributed by atoms with Crippen molar-refractivity contribution in [2.75, 3.05) is 5.73 Å². The van der Waals surface area contributed by atoms with Crippen molar-refractivity contribution in [2.24, 2.45) is 0 Å². The third kappa shape index (κ3) is 1.42. The third-order valence-corrected chi connectivity index (χ3v) is 2.87. The molecule has 0 radical (unpaired) electrons. The highest BCUT2D eigenvalue weighted by Crippen LogP contribution is 2.59. The zero-order chi connectivity index (χ0) is 11.3. The molecule has 2 nitrogen and oxygen atoms in total. The van der Waals surface area contributed by atoms with Gasteiger partial charge in [-0.1, -0.05) is 6.07 Å². The summed E-state index contributed by atoms with van der Waals surface area (Å²) in [6, 6.07) is 3.69. The fourth-order valence-electron chi connectivity index (χ4n) is 1.71. The molecule has 0 heterocycles. The number of phenols is 1. The summed E-state index contributed by atoms with van der Waals surface area (Å²) >= 11 is 0. The first-order valence-electron chi connectivity index (χ1n) is 4.52. The van der Waals surface area contributed by atoms with Crippen molar-refractivity contribution in [3.05, 3.63) is 23.8 Å². The van der Waals surface area contributed by atoms with E-state index in [0.29, 0.717) is 0 Å². The molecule has 1 saturated carbocycles. The highest BCUT2D eigenvalue weighted by molar-refractivity contribution is 5.55. The van der Waals surface area contributed by atoms with E-state index in [9.17, 15) is 13.2 Å². The Kier molecular flexibility index (Phi) is 1.90. The number of nitrogens with two attached hydrogens (primary N) is 1. The molecule has 0 spiro atoms. The molecule has 2 rings (SSSR count). The molecule has 15 heavy (non-hydrogen) atoms. The van der Waals surface area contributed by atoms with E-state index in [0.717, 1.165) is 0 Å². The largest absolute Gasteiger partial charge is 0.506 e. The SMILES string of the molecule is Nc1cc(C2(C(F)(F)F)CC2)ccc1O. The summed E-state index contributed by atoms with van der Waals surface area (Å²) in [6.45, 7) is 0. The predicted molar refractivity (Wildman–Crippen MR) is 49.5 cm³/mol. The van der Waals surface area contributed by atoms with Gasteiger partial charge in [-0.2, -0.15) is 13.2 Å². The quantitative estimate of drug-likeness (QED) is 0.561. The molecule has 3 N–H and O–H groups in total. The van der Waals surface area contributed by atoms with Crippen molar-refractivity contribution in [1.82, 2.24) is 0 Å². The van der Waals surface area contributed by atoms with Crippen molar-refractivity contribution >= 4 is 5.69 Å². The summed E-state index contributed by atoms with van der Waals surface area (Å²) in [5.41, 5.74) is 3.78. The predicted octanol–water partition coefficient (Wildman–Crippen LogP) is 2.57. The maximum absolute atomic E-state index is 12.7. The number of rotatable bonds is 1. The van der Waals surface area contributed by atoms with Gasteiger partial charge in [0.1, 0.15) is 5.75 Å².